The Labute approximate surface area is 132 Å². The van der Waals surface area contributed by atoms with Gasteiger partial charge in [-0.15, -0.1) is 0 Å². The van der Waals surface area contributed by atoms with Crippen LogP contribution in [0.2, 0.25) is 5.02 Å². The van der Waals surface area contributed by atoms with Gasteiger partial charge in [-0.25, -0.2) is 13.1 Å². The molecule has 0 aliphatic rings. The first kappa shape index (κ1) is 16.4. The van der Waals surface area contributed by atoms with Gasteiger partial charge in [-0.05, 0) is 18.6 Å². The lowest BCUT2D eigenvalue weighted by Gasteiger charge is -2.09. The van der Waals surface area contributed by atoms with Gasteiger partial charge in [0.2, 0.25) is 10.0 Å². The summed E-state index contributed by atoms with van der Waals surface area (Å²) in [5, 5.41) is 11.0. The standard InChI is InChI=1S/C14H13ClN2O4S/c1-10-13(15)7-12(8-14(10)17(18)19)22(20,21)16-9-11-5-3-2-4-6-11/h2-8,16H,9H2,1H3. The van der Waals surface area contributed by atoms with Crippen molar-refractivity contribution in [3.63, 3.8) is 0 Å². The average Bonchev–Trinajstić information content (AvgIpc) is 2.48. The maximum Gasteiger partial charge on any atom is 0.275 e. The zero-order valence-electron chi connectivity index (χ0n) is 11.6. The first-order chi connectivity index (χ1) is 10.3. The molecular weight excluding hydrogens is 328 g/mol. The van der Waals surface area contributed by atoms with Gasteiger partial charge in [0.1, 0.15) is 0 Å². The van der Waals surface area contributed by atoms with Crippen LogP contribution in [0.4, 0.5) is 5.69 Å². The second kappa shape index (κ2) is 6.43. The number of nitro groups is 1. The molecular formula is C14H13ClN2O4S. The fourth-order valence-corrected chi connectivity index (χ4v) is 3.18. The molecule has 8 heteroatoms. The number of hydrogen-bond donors (Lipinski definition) is 1. The number of nitro benzene ring substituents is 1. The second-order valence-corrected chi connectivity index (χ2v) is 6.79. The van der Waals surface area contributed by atoms with Crippen molar-refractivity contribution >= 4 is 27.3 Å². The minimum absolute atomic E-state index is 0.0364. The molecule has 0 aromatic heterocycles. The molecule has 0 saturated carbocycles. The Morgan fingerprint density at radius 3 is 2.45 bits per heavy atom. The molecule has 0 unspecified atom stereocenters. The lowest BCUT2D eigenvalue weighted by Crippen LogP contribution is -2.23. The van der Waals surface area contributed by atoms with Crippen molar-refractivity contribution in [2.24, 2.45) is 0 Å². The highest BCUT2D eigenvalue weighted by molar-refractivity contribution is 7.89. The van der Waals surface area contributed by atoms with E-state index in [4.69, 9.17) is 11.6 Å². The van der Waals surface area contributed by atoms with Crippen LogP contribution in [-0.2, 0) is 16.6 Å². The van der Waals surface area contributed by atoms with Crippen LogP contribution in [0.1, 0.15) is 11.1 Å². The molecule has 0 aliphatic carbocycles. The van der Waals surface area contributed by atoms with E-state index >= 15 is 0 Å². The first-order valence-electron chi connectivity index (χ1n) is 6.29. The number of nitrogens with zero attached hydrogens (tertiary/aromatic N) is 1. The van der Waals surface area contributed by atoms with Crippen molar-refractivity contribution in [1.82, 2.24) is 4.72 Å². The Hall–Kier alpha value is -1.96. The quantitative estimate of drug-likeness (QED) is 0.669. The van der Waals surface area contributed by atoms with Gasteiger partial charge in [0, 0.05) is 18.2 Å². The molecule has 22 heavy (non-hydrogen) atoms. The van der Waals surface area contributed by atoms with E-state index in [1.807, 2.05) is 6.07 Å². The molecule has 0 fully saturated rings. The summed E-state index contributed by atoms with van der Waals surface area (Å²) in [7, 11) is -3.89. The van der Waals surface area contributed by atoms with E-state index in [1.54, 1.807) is 24.3 Å². The Kier molecular flexibility index (Phi) is 4.80. The predicted octanol–water partition coefficient (Wildman–Crippen LogP) is 3.04. The maximum absolute atomic E-state index is 12.3. The van der Waals surface area contributed by atoms with Crippen LogP contribution in [0.3, 0.4) is 0 Å². The fourth-order valence-electron chi connectivity index (χ4n) is 1.84. The van der Waals surface area contributed by atoms with Gasteiger partial charge < -0.3 is 0 Å². The Balaban J connectivity index is 2.32. The van der Waals surface area contributed by atoms with Gasteiger partial charge in [0.25, 0.3) is 5.69 Å². The molecule has 0 radical (unpaired) electrons. The smallest absolute Gasteiger partial charge is 0.258 e. The summed E-state index contributed by atoms with van der Waals surface area (Å²) in [4.78, 5) is 10.1. The van der Waals surface area contributed by atoms with Crippen molar-refractivity contribution in [2.75, 3.05) is 0 Å². The molecule has 0 bridgehead atoms. The Bertz CT molecular complexity index is 807. The molecule has 0 aliphatic heterocycles. The third-order valence-corrected chi connectivity index (χ3v) is 4.88. The summed E-state index contributed by atoms with van der Waals surface area (Å²) < 4.78 is 26.9. The monoisotopic (exact) mass is 340 g/mol. The third kappa shape index (κ3) is 3.62. The third-order valence-electron chi connectivity index (χ3n) is 3.11. The summed E-state index contributed by atoms with van der Waals surface area (Å²) in [6.07, 6.45) is 0. The van der Waals surface area contributed by atoms with Crippen LogP contribution in [0.5, 0.6) is 0 Å². The van der Waals surface area contributed by atoms with Crippen LogP contribution in [0.25, 0.3) is 0 Å². The highest BCUT2D eigenvalue weighted by Crippen LogP contribution is 2.29. The molecule has 2 rings (SSSR count). The van der Waals surface area contributed by atoms with Gasteiger partial charge in [0.15, 0.2) is 0 Å². The van der Waals surface area contributed by atoms with Crippen LogP contribution < -0.4 is 4.72 Å². The van der Waals surface area contributed by atoms with Crippen molar-refractivity contribution in [3.8, 4) is 0 Å². The highest BCUT2D eigenvalue weighted by Gasteiger charge is 2.22. The van der Waals surface area contributed by atoms with E-state index in [0.29, 0.717) is 0 Å². The maximum atomic E-state index is 12.3. The van der Waals surface area contributed by atoms with Crippen molar-refractivity contribution < 1.29 is 13.3 Å². The lowest BCUT2D eigenvalue weighted by atomic mass is 10.2. The zero-order valence-corrected chi connectivity index (χ0v) is 13.2. The average molecular weight is 341 g/mol. The number of sulfonamides is 1. The highest BCUT2D eigenvalue weighted by atomic mass is 35.5. The largest absolute Gasteiger partial charge is 0.275 e. The van der Waals surface area contributed by atoms with Crippen LogP contribution in [0.15, 0.2) is 47.4 Å². The Morgan fingerprint density at radius 2 is 1.86 bits per heavy atom. The molecule has 0 atom stereocenters. The van der Waals surface area contributed by atoms with Gasteiger partial charge in [0.05, 0.1) is 14.8 Å². The molecule has 2 aromatic rings. The van der Waals surface area contributed by atoms with E-state index < -0.39 is 14.9 Å². The van der Waals surface area contributed by atoms with Crippen molar-refractivity contribution in [1.29, 1.82) is 0 Å². The molecule has 6 nitrogen and oxygen atoms in total. The van der Waals surface area contributed by atoms with Crippen molar-refractivity contribution in [2.45, 2.75) is 18.4 Å². The summed E-state index contributed by atoms with van der Waals surface area (Å²) in [5.41, 5.74) is 0.681. The van der Waals surface area contributed by atoms with Crippen molar-refractivity contribution in [3.05, 3.63) is 68.7 Å². The molecule has 2 aromatic carbocycles. The van der Waals surface area contributed by atoms with E-state index in [-0.39, 0.29) is 27.7 Å². The van der Waals surface area contributed by atoms with Gasteiger partial charge in [-0.3, -0.25) is 10.1 Å². The molecule has 116 valence electrons. The SMILES string of the molecule is Cc1c(Cl)cc(S(=O)(=O)NCc2ccccc2)cc1[N+](=O)[O-]. The lowest BCUT2D eigenvalue weighted by molar-refractivity contribution is -0.385. The molecule has 0 amide bonds. The molecule has 0 saturated heterocycles. The summed E-state index contributed by atoms with van der Waals surface area (Å²) in [6.45, 7) is 1.55. The zero-order chi connectivity index (χ0) is 16.3. The normalized spacial score (nSPS) is 11.4. The van der Waals surface area contributed by atoms with E-state index in [9.17, 15) is 18.5 Å². The minimum Gasteiger partial charge on any atom is -0.258 e. The summed E-state index contributed by atoms with van der Waals surface area (Å²) in [5.74, 6) is 0. The van der Waals surface area contributed by atoms with Crippen LogP contribution >= 0.6 is 11.6 Å². The number of halogens is 1. The van der Waals surface area contributed by atoms with Crippen LogP contribution in [0, 0.1) is 17.0 Å². The number of rotatable bonds is 5. The second-order valence-electron chi connectivity index (χ2n) is 4.62. The first-order valence-corrected chi connectivity index (χ1v) is 8.15. The Morgan fingerprint density at radius 1 is 1.23 bits per heavy atom. The predicted molar refractivity (Wildman–Crippen MR) is 83.3 cm³/mol. The number of benzene rings is 2. The molecule has 1 N–H and O–H groups in total. The van der Waals surface area contributed by atoms with Crippen LogP contribution in [-0.4, -0.2) is 13.3 Å². The van der Waals surface area contributed by atoms with Gasteiger partial charge in [-0.1, -0.05) is 41.9 Å². The number of nitrogens with one attached hydrogen (secondary N) is 1. The fraction of sp³-hybridized carbons (Fsp3) is 0.143. The van der Waals surface area contributed by atoms with E-state index in [1.165, 1.54) is 13.0 Å². The van der Waals surface area contributed by atoms with E-state index in [0.717, 1.165) is 11.6 Å². The minimum atomic E-state index is -3.89. The molecule has 0 heterocycles. The molecule has 0 spiro atoms. The topological polar surface area (TPSA) is 89.3 Å². The van der Waals surface area contributed by atoms with E-state index in [2.05, 4.69) is 4.72 Å². The number of hydrogen-bond acceptors (Lipinski definition) is 4. The van der Waals surface area contributed by atoms with Gasteiger partial charge in [-0.2, -0.15) is 0 Å². The van der Waals surface area contributed by atoms with Gasteiger partial charge >= 0.3 is 0 Å². The summed E-state index contributed by atoms with van der Waals surface area (Å²) >= 11 is 5.89. The summed E-state index contributed by atoms with van der Waals surface area (Å²) in [6, 6.07) is 11.2.